The van der Waals surface area contributed by atoms with Crippen LogP contribution in [0.3, 0.4) is 0 Å². The Labute approximate surface area is 175 Å². The number of rotatable bonds is 4. The van der Waals surface area contributed by atoms with Crippen molar-refractivity contribution < 1.29 is 9.53 Å². The van der Waals surface area contributed by atoms with E-state index in [4.69, 9.17) is 15.5 Å². The predicted molar refractivity (Wildman–Crippen MR) is 117 cm³/mol. The average molecular weight is 400 g/mol. The first kappa shape index (κ1) is 18.8. The SMILES string of the molecule is CCc1ccc(-c2cc(C(N)=O)c3c(n2)-c2ccc(N4CCOCC4)cc2C3)cn1. The van der Waals surface area contributed by atoms with E-state index in [1.165, 1.54) is 11.3 Å². The van der Waals surface area contributed by atoms with E-state index < -0.39 is 5.91 Å². The lowest BCUT2D eigenvalue weighted by atomic mass is 10.0. The number of nitrogens with zero attached hydrogens (tertiary/aromatic N) is 3. The summed E-state index contributed by atoms with van der Waals surface area (Å²) in [5.74, 6) is -0.422. The second kappa shape index (κ2) is 7.54. The second-order valence-corrected chi connectivity index (χ2v) is 7.76. The third-order valence-corrected chi connectivity index (χ3v) is 5.96. The van der Waals surface area contributed by atoms with Crippen molar-refractivity contribution in [1.82, 2.24) is 9.97 Å². The van der Waals surface area contributed by atoms with E-state index in [-0.39, 0.29) is 0 Å². The van der Waals surface area contributed by atoms with Crippen LogP contribution < -0.4 is 10.6 Å². The first-order chi connectivity index (χ1) is 14.6. The lowest BCUT2D eigenvalue weighted by Gasteiger charge is -2.29. The van der Waals surface area contributed by atoms with Crippen molar-refractivity contribution in [3.8, 4) is 22.5 Å². The average Bonchev–Trinajstić information content (AvgIpc) is 3.16. The summed E-state index contributed by atoms with van der Waals surface area (Å²) in [7, 11) is 0. The Hall–Kier alpha value is -3.25. The minimum Gasteiger partial charge on any atom is -0.378 e. The van der Waals surface area contributed by atoms with Gasteiger partial charge in [0.15, 0.2) is 0 Å². The number of amides is 1. The number of primary amides is 1. The van der Waals surface area contributed by atoms with Crippen LogP contribution in [0.4, 0.5) is 5.69 Å². The number of hydrogen-bond donors (Lipinski definition) is 1. The Morgan fingerprint density at radius 1 is 1.17 bits per heavy atom. The van der Waals surface area contributed by atoms with Crippen molar-refractivity contribution in [2.75, 3.05) is 31.2 Å². The maximum absolute atomic E-state index is 12.3. The van der Waals surface area contributed by atoms with Gasteiger partial charge in [-0.1, -0.05) is 13.0 Å². The molecule has 0 unspecified atom stereocenters. The van der Waals surface area contributed by atoms with Gasteiger partial charge >= 0.3 is 0 Å². The predicted octanol–water partition coefficient (Wildman–Crippen LogP) is 3.21. The van der Waals surface area contributed by atoms with Gasteiger partial charge in [0, 0.05) is 53.8 Å². The molecule has 1 fully saturated rings. The Morgan fingerprint density at radius 2 is 2.00 bits per heavy atom. The van der Waals surface area contributed by atoms with Gasteiger partial charge in [0.05, 0.1) is 24.6 Å². The van der Waals surface area contributed by atoms with E-state index in [1.807, 2.05) is 18.3 Å². The lowest BCUT2D eigenvalue weighted by Crippen LogP contribution is -2.36. The minimum absolute atomic E-state index is 0.422. The number of benzene rings is 1. The monoisotopic (exact) mass is 400 g/mol. The number of aryl methyl sites for hydroxylation is 1. The molecule has 152 valence electrons. The number of carbonyl (C=O) groups is 1. The molecule has 6 heteroatoms. The van der Waals surface area contributed by atoms with Crippen molar-refractivity contribution in [2.24, 2.45) is 5.73 Å². The molecule has 5 rings (SSSR count). The Bertz CT molecular complexity index is 1120. The topological polar surface area (TPSA) is 81.3 Å². The lowest BCUT2D eigenvalue weighted by molar-refractivity contribution is 0.0999. The highest BCUT2D eigenvalue weighted by Crippen LogP contribution is 2.40. The van der Waals surface area contributed by atoms with Gasteiger partial charge in [-0.25, -0.2) is 4.98 Å². The van der Waals surface area contributed by atoms with Crippen LogP contribution in [0.1, 0.15) is 34.1 Å². The smallest absolute Gasteiger partial charge is 0.249 e. The first-order valence-electron chi connectivity index (χ1n) is 10.4. The molecule has 1 saturated heterocycles. The maximum Gasteiger partial charge on any atom is 0.249 e. The summed E-state index contributed by atoms with van der Waals surface area (Å²) in [5, 5.41) is 0. The van der Waals surface area contributed by atoms with Gasteiger partial charge in [0.2, 0.25) is 5.91 Å². The van der Waals surface area contributed by atoms with Gasteiger partial charge in [0.1, 0.15) is 0 Å². The van der Waals surface area contributed by atoms with Crippen molar-refractivity contribution >= 4 is 11.6 Å². The Kier molecular flexibility index (Phi) is 4.71. The van der Waals surface area contributed by atoms with Crippen molar-refractivity contribution in [1.29, 1.82) is 0 Å². The molecular formula is C24H24N4O2. The normalized spacial score (nSPS) is 15.0. The number of carbonyl (C=O) groups excluding carboxylic acids is 1. The van der Waals surface area contributed by atoms with Crippen LogP contribution in [-0.4, -0.2) is 42.2 Å². The van der Waals surface area contributed by atoms with Crippen molar-refractivity contribution in [2.45, 2.75) is 19.8 Å². The van der Waals surface area contributed by atoms with E-state index >= 15 is 0 Å². The maximum atomic E-state index is 12.3. The molecule has 2 aliphatic rings. The van der Waals surface area contributed by atoms with Crippen LogP contribution in [0.5, 0.6) is 0 Å². The molecule has 1 aromatic carbocycles. The molecule has 0 spiro atoms. The fraction of sp³-hybridized carbons (Fsp3) is 0.292. The van der Waals surface area contributed by atoms with E-state index in [0.29, 0.717) is 12.0 Å². The molecule has 0 atom stereocenters. The first-order valence-corrected chi connectivity index (χ1v) is 10.4. The molecule has 2 N–H and O–H groups in total. The van der Waals surface area contributed by atoms with Crippen molar-refractivity contribution in [3.63, 3.8) is 0 Å². The molecule has 1 aliphatic carbocycles. The zero-order valence-corrected chi connectivity index (χ0v) is 17.0. The summed E-state index contributed by atoms with van der Waals surface area (Å²) in [5.41, 5.74) is 14.1. The quantitative estimate of drug-likeness (QED) is 0.569. The second-order valence-electron chi connectivity index (χ2n) is 7.76. The van der Waals surface area contributed by atoms with E-state index in [9.17, 15) is 4.79 Å². The van der Waals surface area contributed by atoms with Crippen LogP contribution in [0.15, 0.2) is 42.6 Å². The van der Waals surface area contributed by atoms with Gasteiger partial charge in [-0.05, 0) is 47.9 Å². The number of morpholine rings is 1. The number of aromatic nitrogens is 2. The number of nitrogens with two attached hydrogens (primary N) is 1. The molecule has 3 heterocycles. The Balaban J connectivity index is 1.58. The zero-order chi connectivity index (χ0) is 20.7. The zero-order valence-electron chi connectivity index (χ0n) is 17.0. The summed E-state index contributed by atoms with van der Waals surface area (Å²) < 4.78 is 5.47. The summed E-state index contributed by atoms with van der Waals surface area (Å²) in [6, 6.07) is 12.3. The van der Waals surface area contributed by atoms with Crippen LogP contribution in [-0.2, 0) is 17.6 Å². The minimum atomic E-state index is -0.422. The van der Waals surface area contributed by atoms with Gasteiger partial charge < -0.3 is 15.4 Å². The number of anilines is 1. The summed E-state index contributed by atoms with van der Waals surface area (Å²) in [4.78, 5) is 24.0. The van der Waals surface area contributed by atoms with Crippen LogP contribution >= 0.6 is 0 Å². The number of fused-ring (bicyclic) bond motifs is 3. The molecule has 6 nitrogen and oxygen atoms in total. The highest BCUT2D eigenvalue weighted by Gasteiger charge is 2.27. The molecule has 2 aromatic heterocycles. The third-order valence-electron chi connectivity index (χ3n) is 5.96. The van der Waals surface area contributed by atoms with Crippen LogP contribution in [0.2, 0.25) is 0 Å². The van der Waals surface area contributed by atoms with Gasteiger partial charge in [-0.15, -0.1) is 0 Å². The molecule has 30 heavy (non-hydrogen) atoms. The third kappa shape index (κ3) is 3.23. The molecule has 1 aliphatic heterocycles. The van der Waals surface area contributed by atoms with Gasteiger partial charge in [-0.3, -0.25) is 9.78 Å². The highest BCUT2D eigenvalue weighted by molar-refractivity contribution is 5.98. The van der Waals surface area contributed by atoms with Gasteiger partial charge in [0.25, 0.3) is 0 Å². The number of hydrogen-bond acceptors (Lipinski definition) is 5. The van der Waals surface area contributed by atoms with E-state index in [1.54, 1.807) is 6.07 Å². The fourth-order valence-corrected chi connectivity index (χ4v) is 4.29. The molecule has 3 aromatic rings. The molecular weight excluding hydrogens is 376 g/mol. The van der Waals surface area contributed by atoms with Crippen LogP contribution in [0.25, 0.3) is 22.5 Å². The molecule has 0 bridgehead atoms. The van der Waals surface area contributed by atoms with E-state index in [2.05, 4.69) is 35.0 Å². The summed E-state index contributed by atoms with van der Waals surface area (Å²) in [6.07, 6.45) is 3.36. The molecule has 0 saturated carbocycles. The highest BCUT2D eigenvalue weighted by atomic mass is 16.5. The number of pyridine rings is 2. The Morgan fingerprint density at radius 3 is 2.70 bits per heavy atom. The van der Waals surface area contributed by atoms with Crippen molar-refractivity contribution in [3.05, 3.63) is 65.0 Å². The molecule has 0 radical (unpaired) electrons. The summed E-state index contributed by atoms with van der Waals surface area (Å²) >= 11 is 0. The molecule has 1 amide bonds. The van der Waals surface area contributed by atoms with E-state index in [0.717, 1.165) is 66.5 Å². The van der Waals surface area contributed by atoms with Gasteiger partial charge in [-0.2, -0.15) is 0 Å². The standard InChI is InChI=1S/C24H24N4O2/c1-2-17-4-3-15(14-26-17)22-13-21(24(25)29)20-12-16-11-18(28-7-9-30-10-8-28)5-6-19(16)23(20)27-22/h3-6,11,13-14H,2,7-10,12H2,1H3,(H2,25,29). The number of ether oxygens (including phenoxy) is 1. The summed E-state index contributed by atoms with van der Waals surface area (Å²) in [6.45, 7) is 5.35. The largest absolute Gasteiger partial charge is 0.378 e. The fourth-order valence-electron chi connectivity index (χ4n) is 4.29. The van der Waals surface area contributed by atoms with Crippen LogP contribution in [0, 0.1) is 0 Å².